The highest BCUT2D eigenvalue weighted by atomic mass is 35.5. The van der Waals surface area contributed by atoms with E-state index < -0.39 is 6.10 Å². The molecule has 27 heavy (non-hydrogen) atoms. The molecule has 4 heteroatoms. The smallest absolute Gasteiger partial charge is 0.0802 e. The average molecular weight is 387 g/mol. The number of halogens is 1. The zero-order chi connectivity index (χ0) is 18.4. The van der Waals surface area contributed by atoms with Gasteiger partial charge in [-0.1, -0.05) is 25.3 Å². The second kappa shape index (κ2) is 7.42. The predicted molar refractivity (Wildman–Crippen MR) is 112 cm³/mol. The van der Waals surface area contributed by atoms with Crippen molar-refractivity contribution in [3.63, 3.8) is 0 Å². The molecule has 0 amide bonds. The van der Waals surface area contributed by atoms with Crippen molar-refractivity contribution < 1.29 is 5.11 Å². The second-order valence-electron chi connectivity index (χ2n) is 8.84. The van der Waals surface area contributed by atoms with Gasteiger partial charge in [-0.2, -0.15) is 0 Å². The summed E-state index contributed by atoms with van der Waals surface area (Å²) < 4.78 is 2.59. The summed E-state index contributed by atoms with van der Waals surface area (Å²) in [5.41, 5.74) is 6.12. The van der Waals surface area contributed by atoms with Crippen molar-refractivity contribution in [2.45, 2.75) is 76.0 Å². The minimum atomic E-state index is -0.425. The molecule has 2 atom stereocenters. The van der Waals surface area contributed by atoms with Gasteiger partial charge in [0.25, 0.3) is 0 Å². The summed E-state index contributed by atoms with van der Waals surface area (Å²) in [6.07, 6.45) is 10.1. The van der Waals surface area contributed by atoms with Crippen LogP contribution in [0.1, 0.15) is 73.7 Å². The zero-order valence-electron chi connectivity index (χ0n) is 16.2. The summed E-state index contributed by atoms with van der Waals surface area (Å²) in [6.45, 7) is 2.74. The molecule has 0 spiro atoms. The summed E-state index contributed by atoms with van der Waals surface area (Å²) in [6, 6.07) is 7.79. The van der Waals surface area contributed by atoms with Crippen LogP contribution in [0.2, 0.25) is 0 Å². The van der Waals surface area contributed by atoms with Crippen LogP contribution in [0.25, 0.3) is 10.9 Å². The first kappa shape index (κ1) is 18.0. The number of β-amino-alcohol motifs (C(OH)–C–C–N with tert-alkyl or cyclic N) is 1. The Morgan fingerprint density at radius 1 is 1.07 bits per heavy atom. The summed E-state index contributed by atoms with van der Waals surface area (Å²) in [4.78, 5) is 2.48. The van der Waals surface area contributed by atoms with Gasteiger partial charge in [-0.15, -0.1) is 11.6 Å². The molecule has 0 bridgehead atoms. The Labute approximate surface area is 167 Å². The fourth-order valence-corrected chi connectivity index (χ4v) is 6.02. The van der Waals surface area contributed by atoms with Gasteiger partial charge >= 0.3 is 0 Å². The fourth-order valence-electron chi connectivity index (χ4n) is 5.92. The molecule has 0 unspecified atom stereocenters. The molecule has 0 saturated heterocycles. The normalized spacial score (nSPS) is 24.9. The lowest BCUT2D eigenvalue weighted by Crippen LogP contribution is -2.43. The average Bonchev–Trinajstić information content (AvgIpc) is 3.05. The summed E-state index contributed by atoms with van der Waals surface area (Å²) in [5, 5.41) is 11.6. The molecule has 1 aliphatic heterocycles. The van der Waals surface area contributed by atoms with Crippen LogP contribution in [0.5, 0.6) is 0 Å². The van der Waals surface area contributed by atoms with Gasteiger partial charge in [0.1, 0.15) is 0 Å². The van der Waals surface area contributed by atoms with E-state index in [4.69, 9.17) is 11.6 Å². The van der Waals surface area contributed by atoms with E-state index in [0.717, 1.165) is 19.0 Å². The number of fused-ring (bicyclic) bond motifs is 3. The van der Waals surface area contributed by atoms with Crippen molar-refractivity contribution in [1.82, 2.24) is 9.47 Å². The zero-order valence-corrected chi connectivity index (χ0v) is 16.9. The third-order valence-corrected chi connectivity index (χ3v) is 7.56. The second-order valence-corrected chi connectivity index (χ2v) is 9.15. The van der Waals surface area contributed by atoms with Gasteiger partial charge in [0.2, 0.25) is 0 Å². The van der Waals surface area contributed by atoms with Gasteiger partial charge in [0.15, 0.2) is 0 Å². The Kier molecular flexibility index (Phi) is 4.95. The van der Waals surface area contributed by atoms with Crippen LogP contribution < -0.4 is 0 Å². The number of nitrogens with zero attached hydrogens (tertiary/aromatic N) is 2. The Morgan fingerprint density at radius 3 is 2.74 bits per heavy atom. The Morgan fingerprint density at radius 2 is 1.93 bits per heavy atom. The first-order valence-corrected chi connectivity index (χ1v) is 11.4. The van der Waals surface area contributed by atoms with Gasteiger partial charge in [0, 0.05) is 42.1 Å². The molecule has 1 N–H and O–H groups in total. The maximum atomic E-state index is 10.1. The lowest BCUT2D eigenvalue weighted by Gasteiger charge is -2.40. The van der Waals surface area contributed by atoms with Gasteiger partial charge in [0.05, 0.1) is 12.1 Å². The van der Waals surface area contributed by atoms with Gasteiger partial charge in [-0.3, -0.25) is 4.90 Å². The molecule has 3 nitrogen and oxygen atoms in total. The van der Waals surface area contributed by atoms with Crippen molar-refractivity contribution in [3.05, 3.63) is 35.0 Å². The summed E-state index contributed by atoms with van der Waals surface area (Å²) in [7, 11) is 0. The Hall–Kier alpha value is -1.03. The van der Waals surface area contributed by atoms with E-state index in [1.807, 2.05) is 0 Å². The molecule has 0 radical (unpaired) electrons. The van der Waals surface area contributed by atoms with Crippen LogP contribution in [0.3, 0.4) is 0 Å². The molecule has 3 aliphatic rings. The third-order valence-electron chi connectivity index (χ3n) is 7.21. The number of rotatable bonds is 4. The molecule has 5 rings (SSSR count). The number of alkyl halides is 1. The quantitative estimate of drug-likeness (QED) is 0.750. The molecule has 2 heterocycles. The van der Waals surface area contributed by atoms with Crippen molar-refractivity contribution in [2.24, 2.45) is 0 Å². The highest BCUT2D eigenvalue weighted by Crippen LogP contribution is 2.44. The van der Waals surface area contributed by atoms with Crippen LogP contribution in [0, 0.1) is 0 Å². The number of benzene rings is 1. The molecule has 1 saturated carbocycles. The lowest BCUT2D eigenvalue weighted by molar-refractivity contribution is 0.0746. The van der Waals surface area contributed by atoms with E-state index in [0.29, 0.717) is 18.5 Å². The maximum absolute atomic E-state index is 10.1. The van der Waals surface area contributed by atoms with Gasteiger partial charge in [-0.25, -0.2) is 0 Å². The van der Waals surface area contributed by atoms with E-state index >= 15 is 0 Å². The highest BCUT2D eigenvalue weighted by molar-refractivity contribution is 6.18. The number of aryl methyl sites for hydroxylation is 1. The minimum Gasteiger partial charge on any atom is -0.391 e. The van der Waals surface area contributed by atoms with E-state index in [9.17, 15) is 5.11 Å². The van der Waals surface area contributed by atoms with Gasteiger partial charge in [-0.05, 0) is 61.3 Å². The first-order chi connectivity index (χ1) is 13.3. The van der Waals surface area contributed by atoms with Crippen LogP contribution in [0.15, 0.2) is 18.2 Å². The van der Waals surface area contributed by atoms with E-state index in [2.05, 4.69) is 27.7 Å². The first-order valence-electron chi connectivity index (χ1n) is 10.9. The van der Waals surface area contributed by atoms with Crippen molar-refractivity contribution in [3.8, 4) is 0 Å². The Balaban J connectivity index is 1.54. The van der Waals surface area contributed by atoms with Gasteiger partial charge < -0.3 is 9.67 Å². The Bertz CT molecular complexity index is 823. The molecule has 1 aromatic heterocycles. The van der Waals surface area contributed by atoms with Crippen molar-refractivity contribution in [2.75, 3.05) is 19.0 Å². The molecule has 146 valence electrons. The monoisotopic (exact) mass is 386 g/mol. The minimum absolute atomic E-state index is 0.323. The maximum Gasteiger partial charge on any atom is 0.0802 e. The van der Waals surface area contributed by atoms with E-state index in [-0.39, 0.29) is 0 Å². The number of hydrogen-bond acceptors (Lipinski definition) is 2. The largest absolute Gasteiger partial charge is 0.391 e. The van der Waals surface area contributed by atoms with Crippen molar-refractivity contribution in [1.29, 1.82) is 0 Å². The number of aliphatic hydroxyl groups excluding tert-OH is 1. The molecule has 2 aliphatic carbocycles. The van der Waals surface area contributed by atoms with Crippen molar-refractivity contribution >= 4 is 22.5 Å². The van der Waals surface area contributed by atoms with E-state index in [1.54, 1.807) is 11.1 Å². The number of hydrogen-bond donors (Lipinski definition) is 1. The van der Waals surface area contributed by atoms with E-state index in [1.165, 1.54) is 68.0 Å². The molecule has 1 aromatic carbocycles. The standard InChI is InChI=1S/C23H31ClN2O/c24-14-18(27)15-25-11-12-26-21-10-9-17(16-5-2-1-3-6-16)13-20(21)19-7-4-8-22(25)23(19)26/h9-10,13,16,18,22,27H,1-8,11-12,14-15H2/t18-,22+/m0/s1. The van der Waals surface area contributed by atoms with Crippen LogP contribution in [-0.4, -0.2) is 39.6 Å². The third kappa shape index (κ3) is 3.12. The fraction of sp³-hybridized carbons (Fsp3) is 0.652. The SMILES string of the molecule is O[C@@H](CCl)CN1CCn2c3c(c4cc(C5CCCCC5)ccc42)CCC[C@H]31. The molecular formula is C23H31ClN2O. The molecular weight excluding hydrogens is 356 g/mol. The van der Waals surface area contributed by atoms with Crippen LogP contribution >= 0.6 is 11.6 Å². The van der Waals surface area contributed by atoms with Crippen LogP contribution in [0.4, 0.5) is 0 Å². The summed E-state index contributed by atoms with van der Waals surface area (Å²) in [5.74, 6) is 1.09. The highest BCUT2D eigenvalue weighted by Gasteiger charge is 2.35. The lowest BCUT2D eigenvalue weighted by atomic mass is 9.83. The predicted octanol–water partition coefficient (Wildman–Crippen LogP) is 4.98. The molecule has 2 aromatic rings. The number of aliphatic hydroxyl groups is 1. The topological polar surface area (TPSA) is 28.4 Å². The molecule has 1 fully saturated rings. The van der Waals surface area contributed by atoms with Crippen LogP contribution in [-0.2, 0) is 13.0 Å². The number of aromatic nitrogens is 1. The summed E-state index contributed by atoms with van der Waals surface area (Å²) >= 11 is 5.88.